The summed E-state index contributed by atoms with van der Waals surface area (Å²) in [6.45, 7) is 3.89. The maximum Gasteiger partial charge on any atom is 0.127 e. The quantitative estimate of drug-likeness (QED) is 0.711. The van der Waals surface area contributed by atoms with E-state index in [1.54, 1.807) is 0 Å². The second kappa shape index (κ2) is 5.25. The summed E-state index contributed by atoms with van der Waals surface area (Å²) in [6.07, 6.45) is 4.47. The summed E-state index contributed by atoms with van der Waals surface area (Å²) >= 11 is 0. The number of hydrogen-bond donors (Lipinski definition) is 1. The average Bonchev–Trinajstić information content (AvgIpc) is 2.30. The van der Waals surface area contributed by atoms with E-state index in [4.69, 9.17) is 4.74 Å². The maximum atomic E-state index is 11.3. The highest BCUT2D eigenvalue weighted by molar-refractivity contribution is 5.60. The fourth-order valence-corrected chi connectivity index (χ4v) is 2.71. The van der Waals surface area contributed by atoms with Crippen molar-refractivity contribution in [1.29, 1.82) is 0 Å². The highest BCUT2D eigenvalue weighted by Crippen LogP contribution is 2.30. The Labute approximate surface area is 96.6 Å². The van der Waals surface area contributed by atoms with Crippen LogP contribution in [0.2, 0.25) is 0 Å². The first-order chi connectivity index (χ1) is 7.74. The highest BCUT2D eigenvalue weighted by Gasteiger charge is 2.35. The third-order valence-corrected chi connectivity index (χ3v) is 3.76. The summed E-state index contributed by atoms with van der Waals surface area (Å²) in [5.41, 5.74) is -0.227. The molecule has 2 saturated heterocycles. The minimum absolute atomic E-state index is 0.211. The van der Waals surface area contributed by atoms with Gasteiger partial charge in [-0.2, -0.15) is 0 Å². The Morgan fingerprint density at radius 1 is 1.44 bits per heavy atom. The Bertz CT molecular complexity index is 238. The molecule has 4 nitrogen and oxygen atoms in total. The molecule has 0 bridgehead atoms. The molecule has 0 radical (unpaired) electrons. The number of aliphatic hydroxyl groups is 1. The number of β-amino-alcohol motifs (C(OH)–C–C–N with tert-alkyl or cyclic N) is 1. The van der Waals surface area contributed by atoms with Gasteiger partial charge in [-0.3, -0.25) is 4.90 Å². The van der Waals surface area contributed by atoms with Gasteiger partial charge in [0.25, 0.3) is 0 Å². The smallest absolute Gasteiger partial charge is 0.127 e. The molecule has 1 unspecified atom stereocenters. The third-order valence-electron chi connectivity index (χ3n) is 3.76. The highest BCUT2D eigenvalue weighted by atomic mass is 16.5. The molecule has 1 atom stereocenters. The number of carbonyl (C=O) groups is 1. The van der Waals surface area contributed by atoms with Crippen LogP contribution >= 0.6 is 0 Å². The van der Waals surface area contributed by atoms with Crippen LogP contribution in [-0.2, 0) is 9.53 Å². The monoisotopic (exact) mass is 227 g/mol. The third kappa shape index (κ3) is 2.81. The van der Waals surface area contributed by atoms with Crippen molar-refractivity contribution in [2.24, 2.45) is 5.41 Å². The lowest BCUT2D eigenvalue weighted by Crippen LogP contribution is -2.47. The molecule has 0 aromatic heterocycles. The Hall–Kier alpha value is -0.450. The molecular formula is C12H21NO3. The summed E-state index contributed by atoms with van der Waals surface area (Å²) in [4.78, 5) is 13.5. The molecule has 0 aliphatic carbocycles. The predicted molar refractivity (Wildman–Crippen MR) is 60.2 cm³/mol. The fourth-order valence-electron chi connectivity index (χ4n) is 2.71. The molecule has 92 valence electrons. The summed E-state index contributed by atoms with van der Waals surface area (Å²) in [5.74, 6) is 0. The Morgan fingerprint density at radius 2 is 2.19 bits per heavy atom. The number of ether oxygens (including phenoxy) is 1. The van der Waals surface area contributed by atoms with Crippen molar-refractivity contribution in [3.05, 3.63) is 0 Å². The molecule has 4 heteroatoms. The van der Waals surface area contributed by atoms with Crippen LogP contribution in [0, 0.1) is 5.41 Å². The Balaban J connectivity index is 1.92. The van der Waals surface area contributed by atoms with Gasteiger partial charge in [0.1, 0.15) is 6.29 Å². The first kappa shape index (κ1) is 12.0. The number of piperidine rings is 1. The van der Waals surface area contributed by atoms with E-state index in [-0.39, 0.29) is 11.5 Å². The van der Waals surface area contributed by atoms with Crippen LogP contribution in [0.15, 0.2) is 0 Å². The Morgan fingerprint density at radius 3 is 2.81 bits per heavy atom. The van der Waals surface area contributed by atoms with E-state index in [1.165, 1.54) is 0 Å². The minimum atomic E-state index is -0.227. The number of rotatable bonds is 3. The normalized spacial score (nSPS) is 31.2. The van der Waals surface area contributed by atoms with Gasteiger partial charge in [-0.15, -0.1) is 0 Å². The van der Waals surface area contributed by atoms with Crippen molar-refractivity contribution >= 4 is 6.29 Å². The molecule has 2 rings (SSSR count). The first-order valence-corrected chi connectivity index (χ1v) is 6.19. The molecule has 2 fully saturated rings. The average molecular weight is 227 g/mol. The van der Waals surface area contributed by atoms with E-state index in [2.05, 4.69) is 4.90 Å². The van der Waals surface area contributed by atoms with Gasteiger partial charge in [0.2, 0.25) is 0 Å². The first-order valence-electron chi connectivity index (χ1n) is 6.19. The molecule has 0 saturated carbocycles. The predicted octanol–water partition coefficient (Wildman–Crippen LogP) is 0.439. The minimum Gasteiger partial charge on any atom is -0.392 e. The van der Waals surface area contributed by atoms with Gasteiger partial charge in [0, 0.05) is 31.7 Å². The van der Waals surface area contributed by atoms with Crippen LogP contribution in [0.4, 0.5) is 0 Å². The number of likely N-dealkylation sites (tertiary alicyclic amines) is 1. The number of aldehydes is 1. The van der Waals surface area contributed by atoms with Gasteiger partial charge < -0.3 is 14.6 Å². The van der Waals surface area contributed by atoms with Crippen LogP contribution in [0.3, 0.4) is 0 Å². The van der Waals surface area contributed by atoms with Crippen LogP contribution in [0.1, 0.15) is 25.7 Å². The van der Waals surface area contributed by atoms with Crippen LogP contribution in [0.25, 0.3) is 0 Å². The van der Waals surface area contributed by atoms with Crippen LogP contribution < -0.4 is 0 Å². The molecular weight excluding hydrogens is 206 g/mol. The van der Waals surface area contributed by atoms with Crippen LogP contribution in [-0.4, -0.2) is 55.2 Å². The summed E-state index contributed by atoms with van der Waals surface area (Å²) in [7, 11) is 0. The van der Waals surface area contributed by atoms with E-state index < -0.39 is 0 Å². The largest absolute Gasteiger partial charge is 0.392 e. The zero-order valence-corrected chi connectivity index (χ0v) is 9.73. The van der Waals surface area contributed by atoms with E-state index in [0.717, 1.165) is 51.6 Å². The van der Waals surface area contributed by atoms with Crippen molar-refractivity contribution in [2.45, 2.75) is 31.8 Å². The molecule has 0 aromatic rings. The molecule has 0 amide bonds. The van der Waals surface area contributed by atoms with E-state index >= 15 is 0 Å². The van der Waals surface area contributed by atoms with Crippen molar-refractivity contribution < 1.29 is 14.6 Å². The molecule has 2 heterocycles. The second-order valence-corrected chi connectivity index (χ2v) is 5.12. The SMILES string of the molecule is O=CC1(CN2CCCC(O)C2)CCOCC1. The molecule has 1 N–H and O–H groups in total. The summed E-state index contributed by atoms with van der Waals surface area (Å²) in [5, 5.41) is 9.61. The van der Waals surface area contributed by atoms with Crippen molar-refractivity contribution in [3.8, 4) is 0 Å². The van der Waals surface area contributed by atoms with Crippen molar-refractivity contribution in [2.75, 3.05) is 32.8 Å². The number of hydrogen-bond acceptors (Lipinski definition) is 4. The molecule has 0 spiro atoms. The number of nitrogens with zero attached hydrogens (tertiary/aromatic N) is 1. The topological polar surface area (TPSA) is 49.8 Å². The van der Waals surface area contributed by atoms with Gasteiger partial charge in [-0.25, -0.2) is 0 Å². The van der Waals surface area contributed by atoms with Gasteiger partial charge >= 0.3 is 0 Å². The number of aliphatic hydroxyl groups excluding tert-OH is 1. The van der Waals surface area contributed by atoms with Crippen molar-refractivity contribution in [1.82, 2.24) is 4.90 Å². The lowest BCUT2D eigenvalue weighted by molar-refractivity contribution is -0.123. The van der Waals surface area contributed by atoms with Gasteiger partial charge in [-0.1, -0.05) is 0 Å². The molecule has 2 aliphatic heterocycles. The lowest BCUT2D eigenvalue weighted by Gasteiger charge is -2.39. The van der Waals surface area contributed by atoms with Gasteiger partial charge in [0.05, 0.1) is 6.10 Å². The van der Waals surface area contributed by atoms with E-state index in [9.17, 15) is 9.90 Å². The summed E-state index contributed by atoms with van der Waals surface area (Å²) < 4.78 is 5.31. The van der Waals surface area contributed by atoms with Gasteiger partial charge in [0.15, 0.2) is 0 Å². The van der Waals surface area contributed by atoms with E-state index in [1.807, 2.05) is 0 Å². The zero-order chi connectivity index (χ0) is 11.4. The molecule has 2 aliphatic rings. The standard InChI is InChI=1S/C12H21NO3/c14-10-12(3-6-16-7-4-12)9-13-5-1-2-11(15)8-13/h10-11,15H,1-9H2. The van der Waals surface area contributed by atoms with Gasteiger partial charge in [-0.05, 0) is 32.2 Å². The number of carbonyl (C=O) groups excluding carboxylic acids is 1. The summed E-state index contributed by atoms with van der Waals surface area (Å²) in [6, 6.07) is 0. The fraction of sp³-hybridized carbons (Fsp3) is 0.917. The molecule has 0 aromatic carbocycles. The van der Waals surface area contributed by atoms with Crippen molar-refractivity contribution in [3.63, 3.8) is 0 Å². The van der Waals surface area contributed by atoms with Crippen LogP contribution in [0.5, 0.6) is 0 Å². The maximum absolute atomic E-state index is 11.3. The Kier molecular flexibility index (Phi) is 3.95. The zero-order valence-electron chi connectivity index (χ0n) is 9.73. The lowest BCUT2D eigenvalue weighted by atomic mass is 9.81. The molecule has 16 heavy (non-hydrogen) atoms. The second-order valence-electron chi connectivity index (χ2n) is 5.12. The van der Waals surface area contributed by atoms with E-state index in [0.29, 0.717) is 13.2 Å².